The van der Waals surface area contributed by atoms with Gasteiger partial charge in [-0.05, 0) is 29.8 Å². The molecule has 0 fully saturated rings. The summed E-state index contributed by atoms with van der Waals surface area (Å²) in [6.07, 6.45) is 3.59. The quantitative estimate of drug-likeness (QED) is 0.298. The van der Waals surface area contributed by atoms with Crippen LogP contribution in [0.3, 0.4) is 0 Å². The summed E-state index contributed by atoms with van der Waals surface area (Å²) in [5.41, 5.74) is 2.71. The number of carbonyl (C=O) groups is 1. The molecule has 12 heteroatoms. The van der Waals surface area contributed by atoms with E-state index in [1.54, 1.807) is 42.2 Å². The predicted octanol–water partition coefficient (Wildman–Crippen LogP) is 5.57. The van der Waals surface area contributed by atoms with E-state index in [1.165, 1.54) is 36.7 Å². The Kier molecular flexibility index (Phi) is 6.53. The maximum atomic E-state index is 12.8. The van der Waals surface area contributed by atoms with Crippen LogP contribution in [0.2, 0.25) is 0 Å². The van der Waals surface area contributed by atoms with Crippen molar-refractivity contribution in [3.63, 3.8) is 0 Å². The fourth-order valence-electron chi connectivity index (χ4n) is 3.46. The molecule has 2 N–H and O–H groups in total. The molecule has 0 unspecified atom stereocenters. The summed E-state index contributed by atoms with van der Waals surface area (Å²) in [4.78, 5) is 24.8. The molecule has 0 saturated carbocycles. The van der Waals surface area contributed by atoms with E-state index in [0.717, 1.165) is 11.1 Å². The van der Waals surface area contributed by atoms with Gasteiger partial charge in [0, 0.05) is 29.1 Å². The number of methoxy groups -OCH3 is 1. The minimum Gasteiger partial charge on any atom is -0.481 e. The van der Waals surface area contributed by atoms with Crippen molar-refractivity contribution in [2.75, 3.05) is 17.7 Å². The molecule has 37 heavy (non-hydrogen) atoms. The summed E-state index contributed by atoms with van der Waals surface area (Å²) in [5.74, 6) is 0.992. The third-order valence-electron chi connectivity index (χ3n) is 5.21. The molecule has 0 aliphatic carbocycles. The average Bonchev–Trinajstić information content (AvgIpc) is 3.33. The molecule has 0 spiro atoms. The van der Waals surface area contributed by atoms with Gasteiger partial charge in [0.1, 0.15) is 5.75 Å². The van der Waals surface area contributed by atoms with Crippen LogP contribution in [-0.4, -0.2) is 37.7 Å². The Labute approximate surface area is 208 Å². The summed E-state index contributed by atoms with van der Waals surface area (Å²) in [7, 11) is 1.55. The van der Waals surface area contributed by atoms with Crippen LogP contribution in [0, 0.1) is 0 Å². The number of benzene rings is 2. The number of alkyl halides is 2. The molecular formula is C25H19F2N7O3. The lowest BCUT2D eigenvalue weighted by Gasteiger charge is -2.09. The van der Waals surface area contributed by atoms with Crippen molar-refractivity contribution in [1.29, 1.82) is 0 Å². The third kappa shape index (κ3) is 5.42. The minimum absolute atomic E-state index is 0.0747. The number of carbonyl (C=O) groups excluding carboxylic acids is 1. The van der Waals surface area contributed by atoms with Crippen molar-refractivity contribution in [2.24, 2.45) is 0 Å². The number of nitrogens with zero attached hydrogens (tertiary/aromatic N) is 5. The summed E-state index contributed by atoms with van der Waals surface area (Å²) >= 11 is 0. The van der Waals surface area contributed by atoms with Crippen molar-refractivity contribution < 1.29 is 23.0 Å². The second kappa shape index (κ2) is 10.2. The molecule has 0 bridgehead atoms. The fourth-order valence-corrected chi connectivity index (χ4v) is 3.46. The van der Waals surface area contributed by atoms with Gasteiger partial charge in [-0.2, -0.15) is 10.1 Å². The van der Waals surface area contributed by atoms with Gasteiger partial charge in [-0.1, -0.05) is 24.3 Å². The van der Waals surface area contributed by atoms with E-state index in [1.807, 2.05) is 12.1 Å². The average molecular weight is 503 g/mol. The van der Waals surface area contributed by atoms with Crippen LogP contribution in [0.1, 0.15) is 12.0 Å². The lowest BCUT2D eigenvalue weighted by Crippen LogP contribution is -2.19. The maximum absolute atomic E-state index is 12.8. The van der Waals surface area contributed by atoms with Gasteiger partial charge in [-0.25, -0.2) is 28.1 Å². The van der Waals surface area contributed by atoms with E-state index in [-0.39, 0.29) is 17.3 Å². The number of aromatic nitrogens is 5. The number of amides is 2. The molecule has 3 heterocycles. The Bertz CT molecular complexity index is 1540. The lowest BCUT2D eigenvalue weighted by molar-refractivity contribution is 0.151. The van der Waals surface area contributed by atoms with Gasteiger partial charge in [0.25, 0.3) is 6.43 Å². The molecule has 5 rings (SSSR count). The molecule has 0 aliphatic rings. The van der Waals surface area contributed by atoms with E-state index in [4.69, 9.17) is 9.47 Å². The Morgan fingerprint density at radius 3 is 2.46 bits per heavy atom. The zero-order chi connectivity index (χ0) is 25.8. The maximum Gasteiger partial charge on any atom is 0.323 e. The lowest BCUT2D eigenvalue weighted by atomic mass is 10.1. The van der Waals surface area contributed by atoms with Crippen molar-refractivity contribution in [2.45, 2.75) is 6.43 Å². The summed E-state index contributed by atoms with van der Waals surface area (Å²) in [5, 5.41) is 9.33. The fraction of sp³-hybridized carbons (Fsp3) is 0.0800. The van der Waals surface area contributed by atoms with Gasteiger partial charge >= 0.3 is 12.0 Å². The summed E-state index contributed by atoms with van der Waals surface area (Å²) < 4.78 is 38.2. The highest BCUT2D eigenvalue weighted by atomic mass is 19.3. The van der Waals surface area contributed by atoms with E-state index >= 15 is 0 Å². The smallest absolute Gasteiger partial charge is 0.323 e. The first-order valence-electron chi connectivity index (χ1n) is 10.9. The Morgan fingerprint density at radius 1 is 0.973 bits per heavy atom. The van der Waals surface area contributed by atoms with E-state index < -0.39 is 12.5 Å². The molecule has 0 atom stereocenters. The molecular weight excluding hydrogens is 484 g/mol. The third-order valence-corrected chi connectivity index (χ3v) is 5.21. The summed E-state index contributed by atoms with van der Waals surface area (Å²) in [6, 6.07) is 13.8. The number of halogens is 2. The first kappa shape index (κ1) is 23.6. The number of anilines is 2. The van der Waals surface area contributed by atoms with Gasteiger partial charge in [-0.15, -0.1) is 0 Å². The molecule has 0 radical (unpaired) electrons. The van der Waals surface area contributed by atoms with Gasteiger partial charge < -0.3 is 20.1 Å². The Morgan fingerprint density at radius 2 is 1.73 bits per heavy atom. The monoisotopic (exact) mass is 503 g/mol. The number of rotatable bonds is 7. The first-order valence-corrected chi connectivity index (χ1v) is 10.9. The molecule has 3 aromatic heterocycles. The number of fused-ring (bicyclic) bond motifs is 1. The molecule has 2 aromatic carbocycles. The highest BCUT2D eigenvalue weighted by Gasteiger charge is 2.11. The van der Waals surface area contributed by atoms with E-state index in [2.05, 4.69) is 30.7 Å². The van der Waals surface area contributed by atoms with E-state index in [0.29, 0.717) is 23.0 Å². The number of nitrogens with one attached hydrogen (secondary N) is 2. The van der Waals surface area contributed by atoms with Crippen molar-refractivity contribution >= 4 is 23.1 Å². The first-order chi connectivity index (χ1) is 18.0. The number of hydrogen-bond donors (Lipinski definition) is 2. The Balaban J connectivity index is 1.21. The molecule has 186 valence electrons. The topological polar surface area (TPSA) is 116 Å². The number of hydrogen-bond acceptors (Lipinski definition) is 7. The number of urea groups is 1. The van der Waals surface area contributed by atoms with Crippen LogP contribution in [0.15, 0.2) is 79.4 Å². The second-order valence-electron chi connectivity index (χ2n) is 7.68. The van der Waals surface area contributed by atoms with Crippen molar-refractivity contribution in [3.8, 4) is 28.8 Å². The molecule has 10 nitrogen and oxygen atoms in total. The predicted molar refractivity (Wildman–Crippen MR) is 131 cm³/mol. The minimum atomic E-state index is -2.63. The zero-order valence-corrected chi connectivity index (χ0v) is 19.3. The van der Waals surface area contributed by atoms with Crippen LogP contribution in [-0.2, 0) is 0 Å². The van der Waals surface area contributed by atoms with Gasteiger partial charge in [0.15, 0.2) is 5.65 Å². The molecule has 0 aliphatic heterocycles. The summed E-state index contributed by atoms with van der Waals surface area (Å²) in [6.45, 7) is 0. The zero-order valence-electron chi connectivity index (χ0n) is 19.3. The molecule has 0 saturated heterocycles. The second-order valence-corrected chi connectivity index (χ2v) is 7.68. The van der Waals surface area contributed by atoms with Crippen molar-refractivity contribution in [1.82, 2.24) is 24.6 Å². The van der Waals surface area contributed by atoms with Gasteiger partial charge in [-0.3, -0.25) is 0 Å². The molecule has 5 aromatic rings. The van der Waals surface area contributed by atoms with Crippen LogP contribution >= 0.6 is 0 Å². The van der Waals surface area contributed by atoms with Crippen LogP contribution in [0.25, 0.3) is 16.8 Å². The largest absolute Gasteiger partial charge is 0.481 e. The van der Waals surface area contributed by atoms with Crippen LogP contribution < -0.4 is 20.1 Å². The SMILES string of the molecule is COc1ccn2ncc(-c3ccc(Oc4ncc(NC(=O)Nc5cccc(C(F)F)c5)cn4)cc3)c2n1. The normalized spacial score (nSPS) is 10.9. The van der Waals surface area contributed by atoms with Crippen LogP contribution in [0.4, 0.5) is 25.0 Å². The van der Waals surface area contributed by atoms with E-state index in [9.17, 15) is 13.6 Å². The Hall–Kier alpha value is -5.13. The number of ether oxygens (including phenoxy) is 2. The van der Waals surface area contributed by atoms with Gasteiger partial charge in [0.05, 0.1) is 31.4 Å². The van der Waals surface area contributed by atoms with Crippen LogP contribution in [0.5, 0.6) is 17.6 Å². The highest BCUT2D eigenvalue weighted by molar-refractivity contribution is 5.99. The molecule has 2 amide bonds. The van der Waals surface area contributed by atoms with Crippen molar-refractivity contribution in [3.05, 3.63) is 84.9 Å². The standard InChI is InChI=1S/C25H19F2N7O3/c1-36-21-9-10-34-23(33-21)20(14-30-34)15-5-7-19(8-6-15)37-25-28-12-18(13-29-25)32-24(35)31-17-4-2-3-16(11-17)22(26)27/h2-14,22H,1H3,(H2,31,32,35). The highest BCUT2D eigenvalue weighted by Crippen LogP contribution is 2.28. The van der Waals surface area contributed by atoms with Gasteiger partial charge in [0.2, 0.25) is 5.88 Å².